The Bertz CT molecular complexity index is 925. The van der Waals surface area contributed by atoms with E-state index < -0.39 is 0 Å². The maximum absolute atomic E-state index is 5.36. The van der Waals surface area contributed by atoms with Crippen molar-refractivity contribution in [3.05, 3.63) is 65.4 Å². The van der Waals surface area contributed by atoms with E-state index in [2.05, 4.69) is 66.0 Å². The van der Waals surface area contributed by atoms with Gasteiger partial charge in [0.15, 0.2) is 0 Å². The fourth-order valence-electron chi connectivity index (χ4n) is 4.55. The zero-order chi connectivity index (χ0) is 18.8. The van der Waals surface area contributed by atoms with Crippen LogP contribution in [0.1, 0.15) is 29.7 Å². The summed E-state index contributed by atoms with van der Waals surface area (Å²) in [5.74, 6) is 0.950. The summed E-state index contributed by atoms with van der Waals surface area (Å²) in [5.41, 5.74) is 5.91. The van der Waals surface area contributed by atoms with Gasteiger partial charge in [-0.05, 0) is 75.5 Å². The highest BCUT2D eigenvalue weighted by atomic mass is 16.5. The maximum atomic E-state index is 5.36. The van der Waals surface area contributed by atoms with E-state index in [0.717, 1.165) is 25.1 Å². The van der Waals surface area contributed by atoms with Crippen LogP contribution in [0.25, 0.3) is 10.9 Å². The molecule has 0 bridgehead atoms. The molecule has 0 aliphatic heterocycles. The van der Waals surface area contributed by atoms with Gasteiger partial charge < -0.3 is 14.2 Å². The van der Waals surface area contributed by atoms with Gasteiger partial charge in [-0.3, -0.25) is 0 Å². The lowest BCUT2D eigenvalue weighted by Crippen LogP contribution is -2.33. The number of likely N-dealkylation sites (N-methyl/N-ethyl adjacent to an activating group) is 1. The van der Waals surface area contributed by atoms with E-state index in [0.29, 0.717) is 6.04 Å². The number of hydrogen-bond acceptors (Lipinski definition) is 2. The van der Waals surface area contributed by atoms with E-state index in [1.807, 2.05) is 6.07 Å². The summed E-state index contributed by atoms with van der Waals surface area (Å²) < 4.78 is 7.95. The van der Waals surface area contributed by atoms with Crippen molar-refractivity contribution >= 4 is 10.9 Å². The summed E-state index contributed by atoms with van der Waals surface area (Å²) in [6.07, 6.45) is 5.85. The number of rotatable bonds is 6. The van der Waals surface area contributed by atoms with Crippen molar-refractivity contribution in [1.29, 1.82) is 0 Å². The van der Waals surface area contributed by atoms with Crippen LogP contribution in [0.15, 0.2) is 48.5 Å². The molecule has 2 aromatic carbocycles. The van der Waals surface area contributed by atoms with Gasteiger partial charge in [-0.25, -0.2) is 0 Å². The Balaban J connectivity index is 1.57. The van der Waals surface area contributed by atoms with Crippen LogP contribution >= 0.6 is 0 Å². The number of methoxy groups -OCH3 is 1. The summed E-state index contributed by atoms with van der Waals surface area (Å²) in [6.45, 7) is 1.08. The summed E-state index contributed by atoms with van der Waals surface area (Å²) in [5, 5.41) is 1.46. The van der Waals surface area contributed by atoms with Crippen LogP contribution in [0.3, 0.4) is 0 Å². The highest BCUT2D eigenvalue weighted by molar-refractivity contribution is 5.86. The lowest BCUT2D eigenvalue weighted by molar-refractivity contribution is 0.266. The van der Waals surface area contributed by atoms with Crippen LogP contribution in [0.2, 0.25) is 0 Å². The van der Waals surface area contributed by atoms with Gasteiger partial charge in [-0.2, -0.15) is 0 Å². The van der Waals surface area contributed by atoms with Gasteiger partial charge in [0, 0.05) is 29.2 Å². The maximum Gasteiger partial charge on any atom is 0.119 e. The first kappa shape index (κ1) is 18.1. The topological polar surface area (TPSA) is 17.4 Å². The number of aromatic nitrogens is 1. The van der Waals surface area contributed by atoms with Crippen molar-refractivity contribution in [2.45, 2.75) is 44.7 Å². The predicted molar refractivity (Wildman–Crippen MR) is 113 cm³/mol. The summed E-state index contributed by atoms with van der Waals surface area (Å²) in [6, 6.07) is 18.1. The second-order valence-electron chi connectivity index (χ2n) is 7.91. The molecule has 0 fully saturated rings. The van der Waals surface area contributed by atoms with Gasteiger partial charge in [-0.15, -0.1) is 0 Å². The Morgan fingerprint density at radius 2 is 1.96 bits per heavy atom. The van der Waals surface area contributed by atoms with Crippen molar-refractivity contribution < 1.29 is 4.74 Å². The molecule has 4 rings (SSSR count). The Kier molecular flexibility index (Phi) is 5.22. The number of para-hydroxylation sites is 1. The number of fused-ring (bicyclic) bond motifs is 3. The Morgan fingerprint density at radius 3 is 2.78 bits per heavy atom. The van der Waals surface area contributed by atoms with Gasteiger partial charge in [-0.1, -0.05) is 30.3 Å². The molecule has 1 heterocycles. The molecule has 3 heteroatoms. The van der Waals surface area contributed by atoms with Crippen molar-refractivity contribution in [1.82, 2.24) is 9.47 Å². The number of hydrogen-bond donors (Lipinski definition) is 0. The molecule has 0 radical (unpaired) electrons. The molecule has 0 saturated carbocycles. The molecule has 1 aliphatic rings. The Morgan fingerprint density at radius 1 is 1.11 bits per heavy atom. The average molecular weight is 363 g/mol. The third kappa shape index (κ3) is 3.61. The highest BCUT2D eigenvalue weighted by Crippen LogP contribution is 2.33. The third-order valence-corrected chi connectivity index (χ3v) is 6.06. The summed E-state index contributed by atoms with van der Waals surface area (Å²) in [7, 11) is 6.16. The van der Waals surface area contributed by atoms with Crippen LogP contribution in [-0.2, 0) is 25.8 Å². The molecule has 1 unspecified atom stereocenters. The fraction of sp³-hybridized carbons (Fsp3) is 0.417. The van der Waals surface area contributed by atoms with Gasteiger partial charge in [0.25, 0.3) is 0 Å². The minimum Gasteiger partial charge on any atom is -0.497 e. The van der Waals surface area contributed by atoms with Gasteiger partial charge >= 0.3 is 0 Å². The normalized spacial score (nSPS) is 16.7. The van der Waals surface area contributed by atoms with Crippen molar-refractivity contribution in [2.24, 2.45) is 0 Å². The van der Waals surface area contributed by atoms with Crippen molar-refractivity contribution in [3.8, 4) is 5.75 Å². The lowest BCUT2D eigenvalue weighted by atomic mass is 9.91. The summed E-state index contributed by atoms with van der Waals surface area (Å²) in [4.78, 5) is 2.39. The number of nitrogens with zero attached hydrogens (tertiary/aromatic N) is 2. The molecular formula is C24H30N2O. The van der Waals surface area contributed by atoms with Crippen LogP contribution < -0.4 is 4.74 Å². The Hall–Kier alpha value is -2.26. The standard InChI is InChI=1S/C24H30N2O/c1-25(2)19-13-14-24-22(17-19)21-11-4-5-12-23(21)26(24)15-7-9-18-8-6-10-20(16-18)27-3/h4-6,8,10-12,16,19H,7,9,13-15,17H2,1-3H3. The van der Waals surface area contributed by atoms with E-state index in [4.69, 9.17) is 4.74 Å². The second-order valence-corrected chi connectivity index (χ2v) is 7.91. The molecule has 1 atom stereocenters. The molecule has 0 N–H and O–H groups in total. The molecule has 27 heavy (non-hydrogen) atoms. The minimum atomic E-state index is 0.661. The second kappa shape index (κ2) is 7.77. The monoisotopic (exact) mass is 362 g/mol. The molecule has 142 valence electrons. The summed E-state index contributed by atoms with van der Waals surface area (Å²) >= 11 is 0. The van der Waals surface area contributed by atoms with E-state index >= 15 is 0 Å². The first-order chi connectivity index (χ1) is 13.2. The highest BCUT2D eigenvalue weighted by Gasteiger charge is 2.26. The first-order valence-electron chi connectivity index (χ1n) is 10.1. The van der Waals surface area contributed by atoms with Gasteiger partial charge in [0.2, 0.25) is 0 Å². The first-order valence-corrected chi connectivity index (χ1v) is 10.1. The largest absolute Gasteiger partial charge is 0.497 e. The molecule has 3 aromatic rings. The van der Waals surface area contributed by atoms with Gasteiger partial charge in [0.1, 0.15) is 5.75 Å². The van der Waals surface area contributed by atoms with Crippen molar-refractivity contribution in [3.63, 3.8) is 0 Å². The van der Waals surface area contributed by atoms with Gasteiger partial charge in [0.05, 0.1) is 7.11 Å². The number of ether oxygens (including phenoxy) is 1. The van der Waals surface area contributed by atoms with Crippen LogP contribution in [0.4, 0.5) is 0 Å². The van der Waals surface area contributed by atoms with Crippen LogP contribution in [0, 0.1) is 0 Å². The van der Waals surface area contributed by atoms with E-state index in [9.17, 15) is 0 Å². The molecule has 0 saturated heterocycles. The average Bonchev–Trinajstić information content (AvgIpc) is 3.01. The zero-order valence-electron chi connectivity index (χ0n) is 16.7. The predicted octanol–water partition coefficient (Wildman–Crippen LogP) is 4.70. The molecule has 1 aliphatic carbocycles. The fourth-order valence-corrected chi connectivity index (χ4v) is 4.55. The smallest absolute Gasteiger partial charge is 0.119 e. The number of aryl methyl sites for hydroxylation is 2. The molecule has 3 nitrogen and oxygen atoms in total. The van der Waals surface area contributed by atoms with E-state index in [1.165, 1.54) is 35.7 Å². The van der Waals surface area contributed by atoms with E-state index in [-0.39, 0.29) is 0 Å². The Labute approximate surface area is 162 Å². The quantitative estimate of drug-likeness (QED) is 0.632. The molecular weight excluding hydrogens is 332 g/mol. The SMILES string of the molecule is COc1cccc(CCCn2c3c(c4ccccc42)CC(N(C)C)CC3)c1. The zero-order valence-corrected chi connectivity index (χ0v) is 16.7. The minimum absolute atomic E-state index is 0.661. The molecule has 1 aromatic heterocycles. The third-order valence-electron chi connectivity index (χ3n) is 6.06. The molecule has 0 spiro atoms. The van der Waals surface area contributed by atoms with E-state index in [1.54, 1.807) is 18.4 Å². The van der Waals surface area contributed by atoms with Crippen LogP contribution in [0.5, 0.6) is 5.75 Å². The number of benzene rings is 2. The van der Waals surface area contributed by atoms with Crippen molar-refractivity contribution in [2.75, 3.05) is 21.2 Å². The van der Waals surface area contributed by atoms with Crippen LogP contribution in [-0.4, -0.2) is 36.7 Å². The molecule has 0 amide bonds. The lowest BCUT2D eigenvalue weighted by Gasteiger charge is -2.29.